The molecule has 3 nitrogen and oxygen atoms in total. The van der Waals surface area contributed by atoms with Crippen molar-refractivity contribution >= 4 is 34.6 Å². The number of benzene rings is 1. The lowest BCUT2D eigenvalue weighted by molar-refractivity contribution is 0.0697. The van der Waals surface area contributed by atoms with Crippen LogP contribution in [0.2, 0.25) is 5.02 Å². The lowest BCUT2D eigenvalue weighted by Gasteiger charge is -2.21. The van der Waals surface area contributed by atoms with E-state index in [0.29, 0.717) is 10.7 Å². The summed E-state index contributed by atoms with van der Waals surface area (Å²) in [6, 6.07) is 8.93. The van der Waals surface area contributed by atoms with Crippen molar-refractivity contribution < 1.29 is 9.90 Å². The summed E-state index contributed by atoms with van der Waals surface area (Å²) in [4.78, 5) is 14.4. The minimum atomic E-state index is -0.936. The summed E-state index contributed by atoms with van der Waals surface area (Å²) in [7, 11) is 1.88. The van der Waals surface area contributed by atoms with Gasteiger partial charge in [-0.15, -0.1) is 11.3 Å². The highest BCUT2D eigenvalue weighted by Crippen LogP contribution is 2.24. The molecule has 2 rings (SSSR count). The number of rotatable bonds is 5. The van der Waals surface area contributed by atoms with Gasteiger partial charge in [-0.05, 0) is 36.1 Å². The summed E-state index contributed by atoms with van der Waals surface area (Å²) in [5.41, 5.74) is 0.926. The van der Waals surface area contributed by atoms with E-state index < -0.39 is 5.97 Å². The Balaban J connectivity index is 2.15. The summed E-state index contributed by atoms with van der Waals surface area (Å²) < 4.78 is 0. The Bertz CT molecular complexity index is 569. The number of carboxylic acids is 1. The number of nitrogens with zero attached hydrogens (tertiary/aromatic N) is 1. The SMILES string of the molecule is CN(CCc1cccs1)c1cc(Cl)ccc1C(=O)O. The molecule has 5 heteroatoms. The molecule has 19 heavy (non-hydrogen) atoms. The van der Waals surface area contributed by atoms with Crippen LogP contribution in [0.15, 0.2) is 35.7 Å². The summed E-state index contributed by atoms with van der Waals surface area (Å²) in [5.74, 6) is -0.936. The van der Waals surface area contributed by atoms with Gasteiger partial charge in [-0.25, -0.2) is 4.79 Å². The van der Waals surface area contributed by atoms with Crippen molar-refractivity contribution in [1.29, 1.82) is 0 Å². The van der Waals surface area contributed by atoms with Crippen LogP contribution in [0, 0.1) is 0 Å². The second-order valence-electron chi connectivity index (χ2n) is 4.22. The molecular formula is C14H14ClNO2S. The normalized spacial score (nSPS) is 10.4. The molecule has 0 amide bonds. The lowest BCUT2D eigenvalue weighted by atomic mass is 10.1. The minimum absolute atomic E-state index is 0.276. The minimum Gasteiger partial charge on any atom is -0.478 e. The first-order valence-corrected chi connectivity index (χ1v) is 7.10. The largest absolute Gasteiger partial charge is 0.478 e. The highest BCUT2D eigenvalue weighted by molar-refractivity contribution is 7.09. The van der Waals surface area contributed by atoms with E-state index in [4.69, 9.17) is 11.6 Å². The van der Waals surface area contributed by atoms with Gasteiger partial charge >= 0.3 is 5.97 Å². The maximum atomic E-state index is 11.2. The van der Waals surface area contributed by atoms with E-state index in [2.05, 4.69) is 6.07 Å². The van der Waals surface area contributed by atoms with Crippen LogP contribution < -0.4 is 4.90 Å². The molecule has 1 N–H and O–H groups in total. The zero-order chi connectivity index (χ0) is 13.8. The molecule has 0 spiro atoms. The van der Waals surface area contributed by atoms with Crippen LogP contribution in [0.4, 0.5) is 5.69 Å². The van der Waals surface area contributed by atoms with E-state index in [-0.39, 0.29) is 5.56 Å². The van der Waals surface area contributed by atoms with Crippen LogP contribution in [-0.4, -0.2) is 24.7 Å². The number of hydrogen-bond acceptors (Lipinski definition) is 3. The highest BCUT2D eigenvalue weighted by atomic mass is 35.5. The molecule has 0 saturated carbocycles. The van der Waals surface area contributed by atoms with Gasteiger partial charge in [0.2, 0.25) is 0 Å². The van der Waals surface area contributed by atoms with Crippen molar-refractivity contribution in [2.24, 2.45) is 0 Å². The zero-order valence-electron chi connectivity index (χ0n) is 10.5. The molecular weight excluding hydrogens is 282 g/mol. The topological polar surface area (TPSA) is 40.5 Å². The third-order valence-corrected chi connectivity index (χ3v) is 4.05. The van der Waals surface area contributed by atoms with Gasteiger partial charge in [0, 0.05) is 23.5 Å². The Morgan fingerprint density at radius 2 is 2.21 bits per heavy atom. The van der Waals surface area contributed by atoms with Crippen molar-refractivity contribution in [3.63, 3.8) is 0 Å². The van der Waals surface area contributed by atoms with Crippen molar-refractivity contribution in [3.8, 4) is 0 Å². The quantitative estimate of drug-likeness (QED) is 0.912. The number of carboxylic acid groups (broad SMARTS) is 1. The smallest absolute Gasteiger partial charge is 0.337 e. The Hall–Kier alpha value is -1.52. The summed E-state index contributed by atoms with van der Waals surface area (Å²) in [6.07, 6.45) is 0.889. The van der Waals surface area contributed by atoms with Crippen LogP contribution in [0.1, 0.15) is 15.2 Å². The van der Waals surface area contributed by atoms with Gasteiger partial charge in [-0.3, -0.25) is 0 Å². The van der Waals surface area contributed by atoms with E-state index in [9.17, 15) is 9.90 Å². The Labute approximate surface area is 121 Å². The fraction of sp³-hybridized carbons (Fsp3) is 0.214. The van der Waals surface area contributed by atoms with Crippen LogP contribution in [-0.2, 0) is 6.42 Å². The highest BCUT2D eigenvalue weighted by Gasteiger charge is 2.14. The fourth-order valence-corrected chi connectivity index (χ4v) is 2.72. The first-order valence-electron chi connectivity index (χ1n) is 5.84. The summed E-state index contributed by atoms with van der Waals surface area (Å²) in [6.45, 7) is 0.751. The number of likely N-dealkylation sites (N-methyl/N-ethyl adjacent to an activating group) is 1. The summed E-state index contributed by atoms with van der Waals surface area (Å²) in [5, 5.41) is 11.8. The molecule has 2 aromatic rings. The van der Waals surface area contributed by atoms with E-state index in [1.807, 2.05) is 23.4 Å². The first-order chi connectivity index (χ1) is 9.08. The van der Waals surface area contributed by atoms with Gasteiger partial charge < -0.3 is 10.0 Å². The Morgan fingerprint density at radius 3 is 2.84 bits per heavy atom. The van der Waals surface area contributed by atoms with E-state index in [1.54, 1.807) is 29.5 Å². The number of aromatic carboxylic acids is 1. The van der Waals surface area contributed by atoms with Crippen LogP contribution in [0.3, 0.4) is 0 Å². The predicted octanol–water partition coefficient (Wildman–Crippen LogP) is 3.78. The second kappa shape index (κ2) is 6.08. The van der Waals surface area contributed by atoms with Gasteiger partial charge in [0.1, 0.15) is 0 Å². The molecule has 0 aliphatic heterocycles. The van der Waals surface area contributed by atoms with Gasteiger partial charge in [0.15, 0.2) is 0 Å². The van der Waals surface area contributed by atoms with Gasteiger partial charge in [0.25, 0.3) is 0 Å². The second-order valence-corrected chi connectivity index (χ2v) is 5.69. The molecule has 0 radical (unpaired) electrons. The molecule has 100 valence electrons. The average molecular weight is 296 g/mol. The predicted molar refractivity (Wildman–Crippen MR) is 79.7 cm³/mol. The van der Waals surface area contributed by atoms with Gasteiger partial charge in [-0.2, -0.15) is 0 Å². The maximum Gasteiger partial charge on any atom is 0.337 e. The lowest BCUT2D eigenvalue weighted by Crippen LogP contribution is -2.22. The number of thiophene rings is 1. The van der Waals surface area contributed by atoms with Crippen molar-refractivity contribution in [3.05, 3.63) is 51.2 Å². The van der Waals surface area contributed by atoms with E-state index >= 15 is 0 Å². The third kappa shape index (κ3) is 3.49. The zero-order valence-corrected chi connectivity index (χ0v) is 12.0. The average Bonchev–Trinajstić information content (AvgIpc) is 2.88. The number of halogens is 1. The summed E-state index contributed by atoms with van der Waals surface area (Å²) >= 11 is 7.65. The molecule has 0 fully saturated rings. The van der Waals surface area contributed by atoms with Gasteiger partial charge in [-0.1, -0.05) is 17.7 Å². The standard InChI is InChI=1S/C14H14ClNO2S/c1-16(7-6-11-3-2-8-19-11)13-9-10(15)4-5-12(13)14(17)18/h2-5,8-9H,6-7H2,1H3,(H,17,18). The van der Waals surface area contributed by atoms with E-state index in [1.165, 1.54) is 4.88 Å². The Morgan fingerprint density at radius 1 is 1.42 bits per heavy atom. The van der Waals surface area contributed by atoms with Gasteiger partial charge in [0.05, 0.1) is 11.3 Å². The molecule has 0 bridgehead atoms. The molecule has 0 saturated heterocycles. The van der Waals surface area contributed by atoms with E-state index in [0.717, 1.165) is 13.0 Å². The maximum absolute atomic E-state index is 11.2. The van der Waals surface area contributed by atoms with Crippen molar-refractivity contribution in [2.75, 3.05) is 18.5 Å². The number of hydrogen-bond donors (Lipinski definition) is 1. The van der Waals surface area contributed by atoms with Crippen molar-refractivity contribution in [2.45, 2.75) is 6.42 Å². The van der Waals surface area contributed by atoms with Crippen LogP contribution >= 0.6 is 22.9 Å². The molecule has 0 aliphatic rings. The molecule has 0 aliphatic carbocycles. The molecule has 0 atom stereocenters. The monoisotopic (exact) mass is 295 g/mol. The fourth-order valence-electron chi connectivity index (χ4n) is 1.85. The first kappa shape index (κ1) is 13.9. The Kier molecular flexibility index (Phi) is 4.45. The number of carbonyl (C=O) groups is 1. The molecule has 0 unspecified atom stereocenters. The van der Waals surface area contributed by atoms with Crippen LogP contribution in [0.5, 0.6) is 0 Å². The third-order valence-electron chi connectivity index (χ3n) is 2.88. The molecule has 1 aromatic carbocycles. The van der Waals surface area contributed by atoms with Crippen molar-refractivity contribution in [1.82, 2.24) is 0 Å². The van der Waals surface area contributed by atoms with Crippen LogP contribution in [0.25, 0.3) is 0 Å². The number of anilines is 1. The molecule has 1 aromatic heterocycles. The molecule has 1 heterocycles.